The fourth-order valence-corrected chi connectivity index (χ4v) is 2.61. The van der Waals surface area contributed by atoms with Gasteiger partial charge in [-0.25, -0.2) is 0 Å². The van der Waals surface area contributed by atoms with Crippen LogP contribution in [-0.2, 0) is 0 Å². The standard InChI is InChI=1S/C10H20N2O2/c13-6-5-12-4-2-1-3-9(12)10(14)7-11-8-10/h9,11,13-14H,1-8H2. The molecule has 3 N–H and O–H groups in total. The molecule has 2 heterocycles. The van der Waals surface area contributed by atoms with Gasteiger partial charge in [0.1, 0.15) is 5.60 Å². The molecule has 1 unspecified atom stereocenters. The van der Waals surface area contributed by atoms with Crippen molar-refractivity contribution in [1.82, 2.24) is 10.2 Å². The Morgan fingerprint density at radius 3 is 2.71 bits per heavy atom. The van der Waals surface area contributed by atoms with E-state index in [1.54, 1.807) is 0 Å². The third-order valence-corrected chi connectivity index (χ3v) is 3.48. The van der Waals surface area contributed by atoms with Crippen LogP contribution in [0.15, 0.2) is 0 Å². The second kappa shape index (κ2) is 4.14. The van der Waals surface area contributed by atoms with Crippen LogP contribution in [-0.4, -0.2) is 59.5 Å². The van der Waals surface area contributed by atoms with Gasteiger partial charge in [0.05, 0.1) is 6.61 Å². The van der Waals surface area contributed by atoms with Gasteiger partial charge < -0.3 is 15.5 Å². The van der Waals surface area contributed by atoms with Gasteiger partial charge in [-0.15, -0.1) is 0 Å². The second-order valence-electron chi connectivity index (χ2n) is 4.48. The molecule has 1 atom stereocenters. The Hall–Kier alpha value is -0.160. The maximum absolute atomic E-state index is 10.2. The molecule has 0 aromatic carbocycles. The van der Waals surface area contributed by atoms with Crippen LogP contribution >= 0.6 is 0 Å². The van der Waals surface area contributed by atoms with Crippen molar-refractivity contribution < 1.29 is 10.2 Å². The first-order chi connectivity index (χ1) is 6.76. The number of aliphatic hydroxyl groups is 2. The van der Waals surface area contributed by atoms with Crippen molar-refractivity contribution >= 4 is 0 Å². The number of aliphatic hydroxyl groups excluding tert-OH is 1. The van der Waals surface area contributed by atoms with Crippen molar-refractivity contribution in [2.75, 3.05) is 32.8 Å². The van der Waals surface area contributed by atoms with Gasteiger partial charge in [-0.3, -0.25) is 4.90 Å². The molecule has 0 aliphatic carbocycles. The molecule has 2 aliphatic heterocycles. The van der Waals surface area contributed by atoms with E-state index in [9.17, 15) is 5.11 Å². The molecule has 0 bridgehead atoms. The lowest BCUT2D eigenvalue weighted by molar-refractivity contribution is -0.0966. The van der Waals surface area contributed by atoms with Gasteiger partial charge in [0.2, 0.25) is 0 Å². The molecule has 4 heteroatoms. The number of β-amino-alcohol motifs (C(OH)–C–C–N with tert-alkyl or cyclic N) is 2. The number of nitrogens with zero attached hydrogens (tertiary/aromatic N) is 1. The molecular weight excluding hydrogens is 180 g/mol. The van der Waals surface area contributed by atoms with Gasteiger partial charge in [0.25, 0.3) is 0 Å². The minimum absolute atomic E-state index is 0.194. The average molecular weight is 200 g/mol. The summed E-state index contributed by atoms with van der Waals surface area (Å²) in [7, 11) is 0. The Labute approximate surface area is 84.9 Å². The lowest BCUT2D eigenvalue weighted by atomic mass is 9.82. The predicted molar refractivity (Wildman–Crippen MR) is 54.1 cm³/mol. The number of piperidine rings is 1. The third kappa shape index (κ3) is 1.80. The number of likely N-dealkylation sites (tertiary alicyclic amines) is 1. The summed E-state index contributed by atoms with van der Waals surface area (Å²) in [6, 6.07) is 0.254. The molecule has 0 aromatic rings. The summed E-state index contributed by atoms with van der Waals surface area (Å²) < 4.78 is 0. The normalized spacial score (nSPS) is 32.6. The van der Waals surface area contributed by atoms with Gasteiger partial charge in [0, 0.05) is 25.7 Å². The Morgan fingerprint density at radius 1 is 1.36 bits per heavy atom. The molecule has 2 aliphatic rings. The Morgan fingerprint density at radius 2 is 2.14 bits per heavy atom. The zero-order chi connectivity index (χ0) is 10.0. The SMILES string of the molecule is OCCN1CCCCC1C1(O)CNC1. The van der Waals surface area contributed by atoms with Gasteiger partial charge in [-0.1, -0.05) is 6.42 Å². The van der Waals surface area contributed by atoms with Gasteiger partial charge in [-0.2, -0.15) is 0 Å². The van der Waals surface area contributed by atoms with E-state index in [0.29, 0.717) is 19.6 Å². The lowest BCUT2D eigenvalue weighted by Crippen LogP contribution is -2.70. The molecule has 0 radical (unpaired) electrons. The molecule has 2 rings (SSSR count). The first-order valence-electron chi connectivity index (χ1n) is 5.54. The highest BCUT2D eigenvalue weighted by atomic mass is 16.3. The van der Waals surface area contributed by atoms with Crippen molar-refractivity contribution in [2.24, 2.45) is 0 Å². The van der Waals surface area contributed by atoms with Crippen molar-refractivity contribution in [3.8, 4) is 0 Å². The first kappa shape index (κ1) is 10.4. The van der Waals surface area contributed by atoms with E-state index < -0.39 is 5.60 Å². The van der Waals surface area contributed by atoms with Crippen LogP contribution in [0.1, 0.15) is 19.3 Å². The summed E-state index contributed by atoms with van der Waals surface area (Å²) >= 11 is 0. The largest absolute Gasteiger partial charge is 0.395 e. The number of hydrogen-bond acceptors (Lipinski definition) is 4. The number of nitrogens with one attached hydrogen (secondary N) is 1. The monoisotopic (exact) mass is 200 g/mol. The van der Waals surface area contributed by atoms with Crippen LogP contribution < -0.4 is 5.32 Å². The Balaban J connectivity index is 1.98. The quantitative estimate of drug-likeness (QED) is 0.556. The molecule has 0 spiro atoms. The Bertz CT molecular complexity index is 193. The van der Waals surface area contributed by atoms with E-state index in [2.05, 4.69) is 10.2 Å². The lowest BCUT2D eigenvalue weighted by Gasteiger charge is -2.50. The molecule has 0 aromatic heterocycles. The molecule has 82 valence electrons. The molecular formula is C10H20N2O2. The summed E-state index contributed by atoms with van der Waals surface area (Å²) in [6.45, 7) is 3.33. The zero-order valence-electron chi connectivity index (χ0n) is 8.58. The van der Waals surface area contributed by atoms with E-state index in [4.69, 9.17) is 5.11 Å². The zero-order valence-corrected chi connectivity index (χ0v) is 8.58. The van der Waals surface area contributed by atoms with Crippen LogP contribution in [0.3, 0.4) is 0 Å². The molecule has 14 heavy (non-hydrogen) atoms. The van der Waals surface area contributed by atoms with Gasteiger partial charge in [0.15, 0.2) is 0 Å². The fraction of sp³-hybridized carbons (Fsp3) is 1.00. The van der Waals surface area contributed by atoms with Crippen LogP contribution in [0.2, 0.25) is 0 Å². The molecule has 4 nitrogen and oxygen atoms in total. The van der Waals surface area contributed by atoms with Crippen LogP contribution in [0.5, 0.6) is 0 Å². The maximum atomic E-state index is 10.2. The fourth-order valence-electron chi connectivity index (χ4n) is 2.61. The summed E-state index contributed by atoms with van der Waals surface area (Å²) in [6.07, 6.45) is 3.47. The topological polar surface area (TPSA) is 55.7 Å². The maximum Gasteiger partial charge on any atom is 0.105 e. The summed E-state index contributed by atoms with van der Waals surface area (Å²) in [5.41, 5.74) is -0.532. The summed E-state index contributed by atoms with van der Waals surface area (Å²) in [5, 5.41) is 22.3. The first-order valence-corrected chi connectivity index (χ1v) is 5.54. The van der Waals surface area contributed by atoms with Gasteiger partial charge >= 0.3 is 0 Å². The van der Waals surface area contributed by atoms with Crippen LogP contribution in [0, 0.1) is 0 Å². The minimum atomic E-state index is -0.532. The van der Waals surface area contributed by atoms with Gasteiger partial charge in [-0.05, 0) is 19.4 Å². The van der Waals surface area contributed by atoms with Crippen LogP contribution in [0.25, 0.3) is 0 Å². The van der Waals surface area contributed by atoms with Crippen molar-refractivity contribution in [1.29, 1.82) is 0 Å². The third-order valence-electron chi connectivity index (χ3n) is 3.48. The van der Waals surface area contributed by atoms with Crippen molar-refractivity contribution in [2.45, 2.75) is 30.9 Å². The summed E-state index contributed by atoms with van der Waals surface area (Å²) in [5.74, 6) is 0. The smallest absolute Gasteiger partial charge is 0.105 e. The van der Waals surface area contributed by atoms with E-state index in [0.717, 1.165) is 13.0 Å². The average Bonchev–Trinajstić information content (AvgIpc) is 2.16. The van der Waals surface area contributed by atoms with Crippen molar-refractivity contribution in [3.05, 3.63) is 0 Å². The second-order valence-corrected chi connectivity index (χ2v) is 4.48. The highest BCUT2D eigenvalue weighted by Gasteiger charge is 2.45. The molecule has 0 saturated carbocycles. The highest BCUT2D eigenvalue weighted by molar-refractivity contribution is 5.03. The summed E-state index contributed by atoms with van der Waals surface area (Å²) in [4.78, 5) is 2.24. The minimum Gasteiger partial charge on any atom is -0.395 e. The Kier molecular flexibility index (Phi) is 3.07. The van der Waals surface area contributed by atoms with E-state index in [1.807, 2.05) is 0 Å². The van der Waals surface area contributed by atoms with Crippen LogP contribution in [0.4, 0.5) is 0 Å². The molecule has 0 amide bonds. The highest BCUT2D eigenvalue weighted by Crippen LogP contribution is 2.28. The molecule has 2 saturated heterocycles. The van der Waals surface area contributed by atoms with E-state index >= 15 is 0 Å². The predicted octanol–water partition coefficient (Wildman–Crippen LogP) is -0.832. The van der Waals surface area contributed by atoms with Crippen molar-refractivity contribution in [3.63, 3.8) is 0 Å². The van der Waals surface area contributed by atoms with E-state index in [-0.39, 0.29) is 12.6 Å². The number of hydrogen-bond donors (Lipinski definition) is 3. The molecule has 2 fully saturated rings. The number of rotatable bonds is 3. The van der Waals surface area contributed by atoms with E-state index in [1.165, 1.54) is 12.8 Å².